The molecule has 0 aliphatic heterocycles. The maximum absolute atomic E-state index is 13.6. The van der Waals surface area contributed by atoms with Gasteiger partial charge in [0.2, 0.25) is 0 Å². The molecule has 0 radical (unpaired) electrons. The van der Waals surface area contributed by atoms with E-state index in [1.165, 1.54) is 19.2 Å². The van der Waals surface area contributed by atoms with Gasteiger partial charge in [0.1, 0.15) is 5.82 Å². The average molecular weight is 272 g/mol. The molecular weight excluding hydrogens is 259 g/mol. The molecule has 98 valence electrons. The third-order valence-corrected chi connectivity index (χ3v) is 2.98. The van der Waals surface area contributed by atoms with Gasteiger partial charge in [-0.1, -0.05) is 11.8 Å². The molecule has 1 rings (SSSR count). The van der Waals surface area contributed by atoms with E-state index in [2.05, 4.69) is 11.8 Å². The van der Waals surface area contributed by atoms with Crippen molar-refractivity contribution in [1.29, 1.82) is 0 Å². The van der Waals surface area contributed by atoms with Crippen molar-refractivity contribution < 1.29 is 17.9 Å². The number of anilines is 1. The van der Waals surface area contributed by atoms with Gasteiger partial charge in [-0.2, -0.15) is 8.42 Å². The fourth-order valence-electron chi connectivity index (χ4n) is 1.09. The van der Waals surface area contributed by atoms with Crippen molar-refractivity contribution in [2.75, 3.05) is 18.4 Å². The minimum atomic E-state index is -3.74. The van der Waals surface area contributed by atoms with Crippen molar-refractivity contribution in [1.82, 2.24) is 4.72 Å². The van der Waals surface area contributed by atoms with E-state index < -0.39 is 16.0 Å². The van der Waals surface area contributed by atoms with Crippen LogP contribution >= 0.6 is 0 Å². The SMILES string of the molecule is CNS(=O)(=O)Nc1ccc(C#CCCO)cc1F. The largest absolute Gasteiger partial charge is 0.395 e. The molecule has 0 unspecified atom stereocenters. The van der Waals surface area contributed by atoms with Crippen molar-refractivity contribution in [3.63, 3.8) is 0 Å². The summed E-state index contributed by atoms with van der Waals surface area (Å²) in [6.45, 7) is -0.0600. The maximum Gasteiger partial charge on any atom is 0.298 e. The molecule has 0 aromatic heterocycles. The summed E-state index contributed by atoms with van der Waals surface area (Å²) in [4.78, 5) is 0. The van der Waals surface area contributed by atoms with Crippen LogP contribution in [-0.2, 0) is 10.2 Å². The van der Waals surface area contributed by atoms with Gasteiger partial charge in [-0.15, -0.1) is 0 Å². The van der Waals surface area contributed by atoms with Gasteiger partial charge in [0.25, 0.3) is 10.2 Å². The second-order valence-corrected chi connectivity index (χ2v) is 4.90. The molecule has 1 aromatic rings. The lowest BCUT2D eigenvalue weighted by Gasteiger charge is -2.07. The highest BCUT2D eigenvalue weighted by Crippen LogP contribution is 2.16. The van der Waals surface area contributed by atoms with E-state index in [9.17, 15) is 12.8 Å². The van der Waals surface area contributed by atoms with E-state index in [1.807, 2.05) is 9.44 Å². The molecule has 0 fully saturated rings. The molecule has 5 nitrogen and oxygen atoms in total. The van der Waals surface area contributed by atoms with Crippen molar-refractivity contribution in [2.24, 2.45) is 0 Å². The van der Waals surface area contributed by atoms with E-state index in [4.69, 9.17) is 5.11 Å². The van der Waals surface area contributed by atoms with Crippen molar-refractivity contribution >= 4 is 15.9 Å². The van der Waals surface area contributed by atoms with Gasteiger partial charge >= 0.3 is 0 Å². The van der Waals surface area contributed by atoms with Crippen LogP contribution in [0.1, 0.15) is 12.0 Å². The predicted octanol–water partition coefficient (Wildman–Crippen LogP) is 0.436. The average Bonchev–Trinajstić information content (AvgIpc) is 2.33. The van der Waals surface area contributed by atoms with Crippen LogP contribution in [0.2, 0.25) is 0 Å². The Labute approximate surface area is 105 Å². The molecule has 0 saturated carbocycles. The molecule has 18 heavy (non-hydrogen) atoms. The Morgan fingerprint density at radius 2 is 2.17 bits per heavy atom. The topological polar surface area (TPSA) is 78.4 Å². The van der Waals surface area contributed by atoms with Gasteiger partial charge in [-0.25, -0.2) is 9.11 Å². The Kier molecular flexibility index (Phi) is 5.09. The van der Waals surface area contributed by atoms with Gasteiger partial charge in [-0.05, 0) is 18.2 Å². The second-order valence-electron chi connectivity index (χ2n) is 3.28. The number of halogens is 1. The lowest BCUT2D eigenvalue weighted by atomic mass is 10.2. The first kappa shape index (κ1) is 14.4. The van der Waals surface area contributed by atoms with Crippen LogP contribution in [0.15, 0.2) is 18.2 Å². The molecule has 0 bridgehead atoms. The quantitative estimate of drug-likeness (QED) is 0.696. The van der Waals surface area contributed by atoms with E-state index in [0.717, 1.165) is 6.07 Å². The van der Waals surface area contributed by atoms with Gasteiger partial charge < -0.3 is 5.11 Å². The van der Waals surface area contributed by atoms with Crippen LogP contribution in [0.5, 0.6) is 0 Å². The van der Waals surface area contributed by atoms with Crippen LogP contribution in [0, 0.1) is 17.7 Å². The molecule has 0 heterocycles. The smallest absolute Gasteiger partial charge is 0.298 e. The first-order chi connectivity index (χ1) is 8.48. The molecule has 3 N–H and O–H groups in total. The van der Waals surface area contributed by atoms with Crippen molar-refractivity contribution in [2.45, 2.75) is 6.42 Å². The summed E-state index contributed by atoms with van der Waals surface area (Å²) in [6.07, 6.45) is 0.301. The number of benzene rings is 1. The zero-order valence-corrected chi connectivity index (χ0v) is 10.5. The number of nitrogens with one attached hydrogen (secondary N) is 2. The summed E-state index contributed by atoms with van der Waals surface area (Å²) in [5.74, 6) is 4.57. The molecule has 0 spiro atoms. The Morgan fingerprint density at radius 3 is 2.72 bits per heavy atom. The lowest BCUT2D eigenvalue weighted by molar-refractivity contribution is 0.305. The van der Waals surface area contributed by atoms with Gasteiger partial charge in [0.15, 0.2) is 0 Å². The zero-order chi connectivity index (χ0) is 13.6. The number of hydrogen-bond donors (Lipinski definition) is 3. The standard InChI is InChI=1S/C11H13FN2O3S/c1-13-18(16,17)14-11-6-5-9(8-10(11)12)4-2-3-7-15/h5-6,8,13-15H,3,7H2,1H3. The molecule has 0 saturated heterocycles. The third kappa shape index (κ3) is 4.33. The van der Waals surface area contributed by atoms with Crippen LogP contribution in [-0.4, -0.2) is 27.2 Å². The third-order valence-electron chi connectivity index (χ3n) is 1.95. The highest BCUT2D eigenvalue weighted by molar-refractivity contribution is 7.90. The highest BCUT2D eigenvalue weighted by atomic mass is 32.2. The molecule has 1 aromatic carbocycles. The van der Waals surface area contributed by atoms with E-state index >= 15 is 0 Å². The van der Waals surface area contributed by atoms with Gasteiger partial charge in [0, 0.05) is 19.0 Å². The summed E-state index contributed by atoms with van der Waals surface area (Å²) in [5, 5.41) is 8.54. The molecule has 0 atom stereocenters. The van der Waals surface area contributed by atoms with Crippen LogP contribution < -0.4 is 9.44 Å². The fourth-order valence-corrected chi connectivity index (χ4v) is 1.65. The minimum absolute atomic E-state index is 0.0600. The Morgan fingerprint density at radius 1 is 1.44 bits per heavy atom. The summed E-state index contributed by atoms with van der Waals surface area (Å²) in [6, 6.07) is 3.89. The fraction of sp³-hybridized carbons (Fsp3) is 0.273. The number of aliphatic hydroxyl groups is 1. The normalized spacial score (nSPS) is 10.6. The molecular formula is C11H13FN2O3S. The van der Waals surface area contributed by atoms with Crippen LogP contribution in [0.4, 0.5) is 10.1 Å². The van der Waals surface area contributed by atoms with Crippen molar-refractivity contribution in [3.05, 3.63) is 29.6 Å². The second kappa shape index (κ2) is 6.35. The minimum Gasteiger partial charge on any atom is -0.395 e. The molecule has 7 heteroatoms. The Hall–Kier alpha value is -1.62. The van der Waals surface area contributed by atoms with E-state index in [-0.39, 0.29) is 12.3 Å². The van der Waals surface area contributed by atoms with E-state index in [1.54, 1.807) is 0 Å². The first-order valence-corrected chi connectivity index (χ1v) is 6.57. The summed E-state index contributed by atoms with van der Waals surface area (Å²) in [5.41, 5.74) is 0.255. The summed E-state index contributed by atoms with van der Waals surface area (Å²) >= 11 is 0. The number of hydrogen-bond acceptors (Lipinski definition) is 3. The zero-order valence-electron chi connectivity index (χ0n) is 9.70. The van der Waals surface area contributed by atoms with Crippen molar-refractivity contribution in [3.8, 4) is 11.8 Å². The lowest BCUT2D eigenvalue weighted by Crippen LogP contribution is -2.26. The summed E-state index contributed by atoms with van der Waals surface area (Å²) < 4.78 is 39.9. The Balaban J connectivity index is 2.91. The first-order valence-electron chi connectivity index (χ1n) is 5.09. The van der Waals surface area contributed by atoms with Crippen LogP contribution in [0.25, 0.3) is 0 Å². The summed E-state index contributed by atoms with van der Waals surface area (Å²) in [7, 11) is -2.52. The van der Waals surface area contributed by atoms with Gasteiger partial charge in [0.05, 0.1) is 12.3 Å². The maximum atomic E-state index is 13.6. The molecule has 0 amide bonds. The highest BCUT2D eigenvalue weighted by Gasteiger charge is 2.10. The Bertz CT molecular complexity index is 576. The van der Waals surface area contributed by atoms with E-state index in [0.29, 0.717) is 12.0 Å². The molecule has 0 aliphatic carbocycles. The predicted molar refractivity (Wildman–Crippen MR) is 66.6 cm³/mol. The number of aliphatic hydroxyl groups excluding tert-OH is 1. The van der Waals surface area contributed by atoms with Gasteiger partial charge in [-0.3, -0.25) is 4.72 Å². The number of rotatable bonds is 4. The molecule has 0 aliphatic rings. The van der Waals surface area contributed by atoms with Crippen LogP contribution in [0.3, 0.4) is 0 Å². The monoisotopic (exact) mass is 272 g/mol.